The van der Waals surface area contributed by atoms with Gasteiger partial charge in [-0.05, 0) is 41.8 Å². The summed E-state index contributed by atoms with van der Waals surface area (Å²) in [6.07, 6.45) is 0.966. The van der Waals surface area contributed by atoms with Gasteiger partial charge in [-0.25, -0.2) is 0 Å². The first-order valence-corrected chi connectivity index (χ1v) is 6.12. The lowest BCUT2D eigenvalue weighted by molar-refractivity contribution is 0.305. The van der Waals surface area contributed by atoms with Crippen LogP contribution in [0.3, 0.4) is 0 Å². The van der Waals surface area contributed by atoms with Crippen molar-refractivity contribution in [3.8, 4) is 5.75 Å². The minimum Gasteiger partial charge on any atom is -0.489 e. The van der Waals surface area contributed by atoms with Gasteiger partial charge in [0, 0.05) is 5.02 Å². The molecule has 0 heterocycles. The van der Waals surface area contributed by atoms with Gasteiger partial charge in [-0.1, -0.05) is 42.8 Å². The molecule has 0 saturated heterocycles. The average molecular weight is 247 g/mol. The monoisotopic (exact) mass is 246 g/mol. The standard InChI is InChI=1S/C15H15ClO/c1-2-12-10-14(16)9-8-13(12)11-17-15-6-4-3-5-7-15/h3-10H,2,11H2,1H3. The molecule has 0 radical (unpaired) electrons. The number of hydrogen-bond acceptors (Lipinski definition) is 1. The Kier molecular flexibility index (Phi) is 4.05. The van der Waals surface area contributed by atoms with E-state index in [2.05, 4.69) is 6.92 Å². The Labute approximate surface area is 107 Å². The van der Waals surface area contributed by atoms with E-state index < -0.39 is 0 Å². The Hall–Kier alpha value is -1.47. The van der Waals surface area contributed by atoms with Crippen LogP contribution in [0.2, 0.25) is 5.02 Å². The Bertz CT molecular complexity index is 480. The molecule has 2 aromatic carbocycles. The third-order valence-electron chi connectivity index (χ3n) is 2.69. The van der Waals surface area contributed by atoms with E-state index in [0.717, 1.165) is 17.2 Å². The van der Waals surface area contributed by atoms with E-state index in [-0.39, 0.29) is 0 Å². The smallest absolute Gasteiger partial charge is 0.119 e. The summed E-state index contributed by atoms with van der Waals surface area (Å²) < 4.78 is 5.73. The summed E-state index contributed by atoms with van der Waals surface area (Å²) >= 11 is 5.97. The highest BCUT2D eigenvalue weighted by Gasteiger charge is 2.02. The lowest BCUT2D eigenvalue weighted by Gasteiger charge is -2.10. The van der Waals surface area contributed by atoms with E-state index in [1.807, 2.05) is 48.5 Å². The first kappa shape index (κ1) is 12.0. The van der Waals surface area contributed by atoms with Crippen molar-refractivity contribution in [1.82, 2.24) is 0 Å². The zero-order valence-corrected chi connectivity index (χ0v) is 10.6. The van der Waals surface area contributed by atoms with Crippen molar-refractivity contribution in [2.24, 2.45) is 0 Å². The van der Waals surface area contributed by atoms with Crippen LogP contribution in [0.25, 0.3) is 0 Å². The molecule has 0 aliphatic heterocycles. The summed E-state index contributed by atoms with van der Waals surface area (Å²) in [6.45, 7) is 2.71. The Balaban J connectivity index is 2.09. The van der Waals surface area contributed by atoms with Crippen LogP contribution in [-0.4, -0.2) is 0 Å². The normalized spacial score (nSPS) is 10.2. The van der Waals surface area contributed by atoms with Gasteiger partial charge in [-0.15, -0.1) is 0 Å². The van der Waals surface area contributed by atoms with Gasteiger partial charge in [-0.2, -0.15) is 0 Å². The molecule has 0 aliphatic rings. The van der Waals surface area contributed by atoms with Crippen molar-refractivity contribution in [1.29, 1.82) is 0 Å². The van der Waals surface area contributed by atoms with Gasteiger partial charge in [0.05, 0.1) is 0 Å². The van der Waals surface area contributed by atoms with Crippen molar-refractivity contribution in [2.45, 2.75) is 20.0 Å². The molecule has 0 aromatic heterocycles. The SMILES string of the molecule is CCc1cc(Cl)ccc1COc1ccccc1. The van der Waals surface area contributed by atoms with Gasteiger partial charge < -0.3 is 4.74 Å². The second-order valence-electron chi connectivity index (χ2n) is 3.87. The quantitative estimate of drug-likeness (QED) is 0.773. The zero-order chi connectivity index (χ0) is 12.1. The Morgan fingerprint density at radius 2 is 1.76 bits per heavy atom. The molecule has 0 aliphatic carbocycles. The number of benzene rings is 2. The molecule has 0 spiro atoms. The molecule has 0 amide bonds. The van der Waals surface area contributed by atoms with Gasteiger partial charge in [0.15, 0.2) is 0 Å². The van der Waals surface area contributed by atoms with Crippen molar-refractivity contribution in [2.75, 3.05) is 0 Å². The third-order valence-corrected chi connectivity index (χ3v) is 2.92. The van der Waals surface area contributed by atoms with E-state index in [1.54, 1.807) is 0 Å². The highest BCUT2D eigenvalue weighted by molar-refractivity contribution is 6.30. The predicted molar refractivity (Wildman–Crippen MR) is 71.6 cm³/mol. The molecule has 0 unspecified atom stereocenters. The van der Waals surface area contributed by atoms with E-state index in [4.69, 9.17) is 16.3 Å². The number of para-hydroxylation sites is 1. The van der Waals surface area contributed by atoms with Crippen LogP contribution >= 0.6 is 11.6 Å². The van der Waals surface area contributed by atoms with Gasteiger partial charge in [0.25, 0.3) is 0 Å². The van der Waals surface area contributed by atoms with Crippen molar-refractivity contribution in [3.05, 3.63) is 64.7 Å². The van der Waals surface area contributed by atoms with Gasteiger partial charge in [-0.3, -0.25) is 0 Å². The van der Waals surface area contributed by atoms with Crippen LogP contribution in [0.1, 0.15) is 18.1 Å². The molecule has 0 saturated carbocycles. The summed E-state index contributed by atoms with van der Waals surface area (Å²) in [5, 5.41) is 0.783. The topological polar surface area (TPSA) is 9.23 Å². The first-order chi connectivity index (χ1) is 8.29. The van der Waals surface area contributed by atoms with E-state index in [0.29, 0.717) is 6.61 Å². The van der Waals surface area contributed by atoms with E-state index in [1.165, 1.54) is 11.1 Å². The molecule has 2 aromatic rings. The predicted octanol–water partition coefficient (Wildman–Crippen LogP) is 4.48. The molecule has 0 N–H and O–H groups in total. The summed E-state index contributed by atoms with van der Waals surface area (Å²) in [7, 11) is 0. The van der Waals surface area contributed by atoms with Crippen molar-refractivity contribution >= 4 is 11.6 Å². The van der Waals surface area contributed by atoms with Gasteiger partial charge in [0.1, 0.15) is 12.4 Å². The fourth-order valence-electron chi connectivity index (χ4n) is 1.74. The fourth-order valence-corrected chi connectivity index (χ4v) is 1.94. The van der Waals surface area contributed by atoms with Crippen LogP contribution in [0.5, 0.6) is 5.75 Å². The summed E-state index contributed by atoms with van der Waals surface area (Å²) in [5.41, 5.74) is 2.44. The number of halogens is 1. The van der Waals surface area contributed by atoms with E-state index in [9.17, 15) is 0 Å². The number of rotatable bonds is 4. The molecular formula is C15H15ClO. The number of hydrogen-bond donors (Lipinski definition) is 0. The maximum absolute atomic E-state index is 5.97. The average Bonchev–Trinajstić information content (AvgIpc) is 2.38. The maximum Gasteiger partial charge on any atom is 0.119 e. The second-order valence-corrected chi connectivity index (χ2v) is 4.30. The molecule has 0 atom stereocenters. The molecule has 1 nitrogen and oxygen atoms in total. The largest absolute Gasteiger partial charge is 0.489 e. The highest BCUT2D eigenvalue weighted by atomic mass is 35.5. The molecule has 2 rings (SSSR count). The van der Waals surface area contributed by atoms with Crippen molar-refractivity contribution < 1.29 is 4.74 Å². The maximum atomic E-state index is 5.97. The van der Waals surface area contributed by atoms with Crippen LogP contribution in [-0.2, 0) is 13.0 Å². The second kappa shape index (κ2) is 5.74. The number of ether oxygens (including phenoxy) is 1. The van der Waals surface area contributed by atoms with Gasteiger partial charge >= 0.3 is 0 Å². The molecule has 0 bridgehead atoms. The lowest BCUT2D eigenvalue weighted by atomic mass is 10.1. The number of aryl methyl sites for hydroxylation is 1. The highest BCUT2D eigenvalue weighted by Crippen LogP contribution is 2.19. The van der Waals surface area contributed by atoms with Crippen LogP contribution in [0.4, 0.5) is 0 Å². The zero-order valence-electron chi connectivity index (χ0n) is 9.82. The first-order valence-electron chi connectivity index (χ1n) is 5.74. The molecule has 17 heavy (non-hydrogen) atoms. The Morgan fingerprint density at radius 1 is 1.00 bits per heavy atom. The molecule has 0 fully saturated rings. The summed E-state index contributed by atoms with van der Waals surface area (Å²) in [6, 6.07) is 15.8. The van der Waals surface area contributed by atoms with E-state index >= 15 is 0 Å². The lowest BCUT2D eigenvalue weighted by Crippen LogP contribution is -1.99. The van der Waals surface area contributed by atoms with Crippen molar-refractivity contribution in [3.63, 3.8) is 0 Å². The van der Waals surface area contributed by atoms with Crippen LogP contribution in [0, 0.1) is 0 Å². The van der Waals surface area contributed by atoms with Crippen LogP contribution < -0.4 is 4.74 Å². The minimum absolute atomic E-state index is 0.588. The fraction of sp³-hybridized carbons (Fsp3) is 0.200. The molecule has 88 valence electrons. The molecule has 2 heteroatoms. The summed E-state index contributed by atoms with van der Waals surface area (Å²) in [5.74, 6) is 0.893. The van der Waals surface area contributed by atoms with Crippen LogP contribution in [0.15, 0.2) is 48.5 Å². The third kappa shape index (κ3) is 3.24. The Morgan fingerprint density at radius 3 is 2.47 bits per heavy atom. The van der Waals surface area contributed by atoms with Gasteiger partial charge in [0.2, 0.25) is 0 Å². The minimum atomic E-state index is 0.588. The molecular weight excluding hydrogens is 232 g/mol. The summed E-state index contributed by atoms with van der Waals surface area (Å²) in [4.78, 5) is 0.